The zero-order valence-corrected chi connectivity index (χ0v) is 15.9. The topological polar surface area (TPSA) is 72.5 Å². The highest BCUT2D eigenvalue weighted by Gasteiger charge is 2.07. The van der Waals surface area contributed by atoms with Crippen molar-refractivity contribution in [1.82, 2.24) is 4.98 Å². The van der Waals surface area contributed by atoms with Crippen molar-refractivity contribution in [3.63, 3.8) is 0 Å². The molecule has 0 aliphatic carbocycles. The van der Waals surface area contributed by atoms with E-state index in [4.69, 9.17) is 9.47 Å². The van der Waals surface area contributed by atoms with Crippen molar-refractivity contribution in [3.8, 4) is 11.5 Å². The van der Waals surface area contributed by atoms with Crippen LogP contribution in [0.5, 0.6) is 11.5 Å². The summed E-state index contributed by atoms with van der Waals surface area (Å²) in [7, 11) is 3.24. The van der Waals surface area contributed by atoms with Crippen LogP contribution in [0.15, 0.2) is 66.9 Å². The van der Waals surface area contributed by atoms with Gasteiger partial charge in [0.15, 0.2) is 11.5 Å². The van der Waals surface area contributed by atoms with Gasteiger partial charge in [-0.15, -0.1) is 0 Å². The van der Waals surface area contributed by atoms with Gasteiger partial charge in [-0.3, -0.25) is 4.79 Å². The van der Waals surface area contributed by atoms with Crippen LogP contribution in [0.4, 0.5) is 11.5 Å². The van der Waals surface area contributed by atoms with Crippen LogP contribution in [0.1, 0.15) is 15.9 Å². The van der Waals surface area contributed by atoms with Gasteiger partial charge in [-0.05, 0) is 48.4 Å². The van der Waals surface area contributed by atoms with Crippen LogP contribution < -0.4 is 20.1 Å². The standard InChI is InChI=1S/C22H23N3O3/c1-27-19-10-8-16(14-20(19)28-2)12-13-23-21-11-9-17(15-24-21)22(26)25-18-6-4-3-5-7-18/h3-11,14-15H,12-13H2,1-2H3,(H,23,24)(H,25,26). The van der Waals surface area contributed by atoms with Crippen molar-refractivity contribution in [3.05, 3.63) is 78.0 Å². The lowest BCUT2D eigenvalue weighted by Crippen LogP contribution is -2.13. The zero-order valence-electron chi connectivity index (χ0n) is 15.9. The van der Waals surface area contributed by atoms with Crippen LogP contribution in [0, 0.1) is 0 Å². The second kappa shape index (κ2) is 9.41. The number of hydrogen-bond acceptors (Lipinski definition) is 5. The number of carbonyl (C=O) groups excluding carboxylic acids is 1. The van der Waals surface area contributed by atoms with Crippen molar-refractivity contribution in [2.45, 2.75) is 6.42 Å². The van der Waals surface area contributed by atoms with Gasteiger partial charge in [0.1, 0.15) is 5.82 Å². The summed E-state index contributed by atoms with van der Waals surface area (Å²) in [6, 6.07) is 18.8. The summed E-state index contributed by atoms with van der Waals surface area (Å²) >= 11 is 0. The first kappa shape index (κ1) is 19.2. The van der Waals surface area contributed by atoms with Crippen LogP contribution in [-0.2, 0) is 6.42 Å². The van der Waals surface area contributed by atoms with Crippen LogP contribution in [0.25, 0.3) is 0 Å². The van der Waals surface area contributed by atoms with Gasteiger partial charge in [-0.1, -0.05) is 24.3 Å². The molecule has 0 saturated heterocycles. The molecule has 6 heteroatoms. The molecule has 3 aromatic rings. The average Bonchev–Trinajstić information content (AvgIpc) is 2.74. The second-order valence-corrected chi connectivity index (χ2v) is 6.12. The molecule has 1 heterocycles. The molecule has 0 aliphatic rings. The summed E-state index contributed by atoms with van der Waals surface area (Å²) in [5.74, 6) is 1.96. The molecular formula is C22H23N3O3. The fourth-order valence-electron chi connectivity index (χ4n) is 2.73. The third-order valence-electron chi connectivity index (χ3n) is 4.23. The lowest BCUT2D eigenvalue weighted by atomic mass is 10.1. The molecule has 28 heavy (non-hydrogen) atoms. The molecule has 3 rings (SSSR count). The lowest BCUT2D eigenvalue weighted by Gasteiger charge is -2.10. The summed E-state index contributed by atoms with van der Waals surface area (Å²) in [4.78, 5) is 16.6. The van der Waals surface area contributed by atoms with Crippen molar-refractivity contribution < 1.29 is 14.3 Å². The number of ether oxygens (including phenoxy) is 2. The van der Waals surface area contributed by atoms with Gasteiger partial charge < -0.3 is 20.1 Å². The first-order valence-corrected chi connectivity index (χ1v) is 8.97. The Morgan fingerprint density at radius 2 is 1.75 bits per heavy atom. The van der Waals surface area contributed by atoms with Gasteiger partial charge in [0.2, 0.25) is 0 Å². The average molecular weight is 377 g/mol. The highest BCUT2D eigenvalue weighted by atomic mass is 16.5. The smallest absolute Gasteiger partial charge is 0.257 e. The minimum Gasteiger partial charge on any atom is -0.493 e. The Hall–Kier alpha value is -3.54. The van der Waals surface area contributed by atoms with E-state index in [1.807, 2.05) is 48.5 Å². The minimum atomic E-state index is -0.185. The summed E-state index contributed by atoms with van der Waals surface area (Å²) < 4.78 is 10.6. The maximum absolute atomic E-state index is 12.2. The number of methoxy groups -OCH3 is 2. The third-order valence-corrected chi connectivity index (χ3v) is 4.23. The van der Waals surface area contributed by atoms with E-state index in [-0.39, 0.29) is 5.91 Å². The van der Waals surface area contributed by atoms with Gasteiger partial charge in [0.25, 0.3) is 5.91 Å². The predicted octanol–water partition coefficient (Wildman–Crippen LogP) is 4.01. The Morgan fingerprint density at radius 3 is 2.43 bits per heavy atom. The minimum absolute atomic E-state index is 0.185. The summed E-state index contributed by atoms with van der Waals surface area (Å²) in [6.07, 6.45) is 2.37. The van der Waals surface area contributed by atoms with Gasteiger partial charge in [-0.25, -0.2) is 4.98 Å². The van der Waals surface area contributed by atoms with Crippen molar-refractivity contribution >= 4 is 17.4 Å². The normalized spacial score (nSPS) is 10.2. The first-order chi connectivity index (χ1) is 13.7. The molecule has 2 N–H and O–H groups in total. The van der Waals surface area contributed by atoms with Crippen LogP contribution >= 0.6 is 0 Å². The molecule has 0 saturated carbocycles. The molecule has 0 unspecified atom stereocenters. The van der Waals surface area contributed by atoms with E-state index in [1.165, 1.54) is 0 Å². The molecule has 0 bridgehead atoms. The molecule has 0 spiro atoms. The molecule has 0 radical (unpaired) electrons. The van der Waals surface area contributed by atoms with Crippen LogP contribution in [-0.4, -0.2) is 31.7 Å². The number of para-hydroxylation sites is 1. The maximum Gasteiger partial charge on any atom is 0.257 e. The molecule has 0 aliphatic heterocycles. The molecule has 1 amide bonds. The fraction of sp³-hybridized carbons (Fsp3) is 0.182. The first-order valence-electron chi connectivity index (χ1n) is 8.97. The number of carbonyl (C=O) groups is 1. The van der Waals surface area contributed by atoms with Gasteiger partial charge >= 0.3 is 0 Å². The Kier molecular flexibility index (Phi) is 6.46. The molecule has 144 valence electrons. The Bertz CT molecular complexity index is 912. The van der Waals surface area contributed by atoms with E-state index in [9.17, 15) is 4.79 Å². The number of amides is 1. The monoisotopic (exact) mass is 377 g/mol. The number of nitrogens with zero attached hydrogens (tertiary/aromatic N) is 1. The van der Waals surface area contributed by atoms with E-state index in [1.54, 1.807) is 32.5 Å². The van der Waals surface area contributed by atoms with E-state index in [0.29, 0.717) is 23.6 Å². The van der Waals surface area contributed by atoms with Crippen molar-refractivity contribution in [2.24, 2.45) is 0 Å². The highest BCUT2D eigenvalue weighted by molar-refractivity contribution is 6.04. The second-order valence-electron chi connectivity index (χ2n) is 6.12. The number of benzene rings is 2. The number of anilines is 2. The number of aromatic nitrogens is 1. The molecule has 2 aromatic carbocycles. The summed E-state index contributed by atoms with van der Waals surface area (Å²) in [5.41, 5.74) is 2.39. The quantitative estimate of drug-likeness (QED) is 0.621. The number of rotatable bonds is 8. The predicted molar refractivity (Wildman–Crippen MR) is 110 cm³/mol. The van der Waals surface area contributed by atoms with E-state index in [0.717, 1.165) is 23.5 Å². The fourth-order valence-corrected chi connectivity index (χ4v) is 2.73. The van der Waals surface area contributed by atoms with Crippen molar-refractivity contribution in [2.75, 3.05) is 31.4 Å². The SMILES string of the molecule is COc1ccc(CCNc2ccc(C(=O)Nc3ccccc3)cn2)cc1OC. The number of pyridine rings is 1. The third kappa shape index (κ3) is 5.01. The Morgan fingerprint density at radius 1 is 0.964 bits per heavy atom. The molecule has 0 fully saturated rings. The van der Waals surface area contributed by atoms with Crippen molar-refractivity contribution in [1.29, 1.82) is 0 Å². The summed E-state index contributed by atoms with van der Waals surface area (Å²) in [6.45, 7) is 0.706. The zero-order chi connectivity index (χ0) is 19.8. The van der Waals surface area contributed by atoms with Crippen LogP contribution in [0.3, 0.4) is 0 Å². The largest absolute Gasteiger partial charge is 0.493 e. The van der Waals surface area contributed by atoms with Crippen LogP contribution in [0.2, 0.25) is 0 Å². The number of hydrogen-bond donors (Lipinski definition) is 2. The van der Waals surface area contributed by atoms with Gasteiger partial charge in [0, 0.05) is 18.4 Å². The molecule has 6 nitrogen and oxygen atoms in total. The lowest BCUT2D eigenvalue weighted by molar-refractivity contribution is 0.102. The molecule has 1 aromatic heterocycles. The summed E-state index contributed by atoms with van der Waals surface area (Å²) in [5, 5.41) is 6.10. The number of nitrogens with one attached hydrogen (secondary N) is 2. The van der Waals surface area contributed by atoms with Gasteiger partial charge in [-0.2, -0.15) is 0 Å². The Balaban J connectivity index is 1.52. The van der Waals surface area contributed by atoms with E-state index >= 15 is 0 Å². The molecular weight excluding hydrogens is 354 g/mol. The maximum atomic E-state index is 12.2. The highest BCUT2D eigenvalue weighted by Crippen LogP contribution is 2.27. The van der Waals surface area contributed by atoms with E-state index in [2.05, 4.69) is 15.6 Å². The van der Waals surface area contributed by atoms with E-state index < -0.39 is 0 Å². The Labute approximate surface area is 164 Å². The molecule has 0 atom stereocenters. The van der Waals surface area contributed by atoms with Gasteiger partial charge in [0.05, 0.1) is 19.8 Å².